The molecule has 7 heteroatoms. The lowest BCUT2D eigenvalue weighted by Gasteiger charge is -2.04. The Balaban J connectivity index is 2.88. The highest BCUT2D eigenvalue weighted by atomic mass is 35.5. The number of hydrogen-bond donors (Lipinski definition) is 1. The van der Waals surface area contributed by atoms with E-state index in [1.54, 1.807) is 17.9 Å². The van der Waals surface area contributed by atoms with Crippen LogP contribution in [-0.2, 0) is 23.5 Å². The first-order valence-electron chi connectivity index (χ1n) is 4.57. The lowest BCUT2D eigenvalue weighted by atomic mass is 10.3. The van der Waals surface area contributed by atoms with E-state index in [2.05, 4.69) is 9.82 Å². The van der Waals surface area contributed by atoms with Gasteiger partial charge in [0.25, 0.3) is 0 Å². The van der Waals surface area contributed by atoms with Gasteiger partial charge in [-0.2, -0.15) is 5.10 Å². The minimum atomic E-state index is -3.34. The second-order valence-electron chi connectivity index (χ2n) is 3.13. The van der Waals surface area contributed by atoms with E-state index in [-0.39, 0.29) is 11.6 Å². The second-order valence-corrected chi connectivity index (χ2v) is 5.35. The molecular weight excluding hydrogens is 238 g/mol. The average Bonchev–Trinajstić information content (AvgIpc) is 2.44. The fourth-order valence-electron chi connectivity index (χ4n) is 1.20. The van der Waals surface area contributed by atoms with Crippen molar-refractivity contribution >= 4 is 27.3 Å². The molecule has 5 nitrogen and oxygen atoms in total. The topological polar surface area (TPSA) is 64.0 Å². The zero-order valence-electron chi connectivity index (χ0n) is 8.70. The van der Waals surface area contributed by atoms with Gasteiger partial charge in [0.1, 0.15) is 0 Å². The Morgan fingerprint density at radius 2 is 2.27 bits per heavy atom. The number of aromatic nitrogens is 2. The highest BCUT2D eigenvalue weighted by Crippen LogP contribution is 2.15. The van der Waals surface area contributed by atoms with Crippen LogP contribution in [0.4, 0.5) is 5.69 Å². The van der Waals surface area contributed by atoms with Crippen molar-refractivity contribution < 1.29 is 8.42 Å². The molecule has 0 amide bonds. The molecule has 0 aromatic carbocycles. The number of hydrogen-bond acceptors (Lipinski definition) is 3. The number of aryl methyl sites for hydroxylation is 2. The standard InChI is InChI=1S/C8H14ClN3O2S/c1-3-7-8(6-12(2)10-7)11-15(13,14)5-4-9/h6,11H,3-5H2,1-2H3. The number of nitrogens with one attached hydrogen (secondary N) is 1. The summed E-state index contributed by atoms with van der Waals surface area (Å²) in [6.45, 7) is 1.92. The Bertz CT molecular complexity index is 427. The van der Waals surface area contributed by atoms with Crippen molar-refractivity contribution in [3.63, 3.8) is 0 Å². The van der Waals surface area contributed by atoms with Crippen molar-refractivity contribution in [3.8, 4) is 0 Å². The molecule has 0 spiro atoms. The summed E-state index contributed by atoms with van der Waals surface area (Å²) in [7, 11) is -1.59. The molecule has 0 bridgehead atoms. The SMILES string of the molecule is CCc1nn(C)cc1NS(=O)(=O)CCCl. The number of rotatable bonds is 5. The number of sulfonamides is 1. The predicted molar refractivity (Wildman–Crippen MR) is 60.7 cm³/mol. The van der Waals surface area contributed by atoms with Gasteiger partial charge in [0.05, 0.1) is 17.1 Å². The van der Waals surface area contributed by atoms with E-state index in [1.807, 2.05) is 6.92 Å². The smallest absolute Gasteiger partial charge is 0.234 e. The molecule has 15 heavy (non-hydrogen) atoms. The maximum Gasteiger partial charge on any atom is 0.234 e. The van der Waals surface area contributed by atoms with Gasteiger partial charge in [-0.1, -0.05) is 6.92 Å². The van der Waals surface area contributed by atoms with E-state index in [1.165, 1.54) is 0 Å². The molecule has 0 radical (unpaired) electrons. The number of halogens is 1. The molecule has 1 heterocycles. The van der Waals surface area contributed by atoms with Crippen LogP contribution in [-0.4, -0.2) is 29.8 Å². The molecule has 0 saturated heterocycles. The molecule has 0 atom stereocenters. The Morgan fingerprint density at radius 1 is 1.60 bits per heavy atom. The molecule has 0 saturated carbocycles. The lowest BCUT2D eigenvalue weighted by Crippen LogP contribution is -2.17. The van der Waals surface area contributed by atoms with Gasteiger partial charge >= 0.3 is 0 Å². The zero-order chi connectivity index (χ0) is 11.5. The summed E-state index contributed by atoms with van der Waals surface area (Å²) in [5.41, 5.74) is 1.26. The van der Waals surface area contributed by atoms with Gasteiger partial charge < -0.3 is 0 Å². The highest BCUT2D eigenvalue weighted by molar-refractivity contribution is 7.92. The Labute approximate surface area is 94.5 Å². The first kappa shape index (κ1) is 12.3. The Kier molecular flexibility index (Phi) is 3.98. The summed E-state index contributed by atoms with van der Waals surface area (Å²) in [6, 6.07) is 0. The Morgan fingerprint density at radius 3 is 2.80 bits per heavy atom. The van der Waals surface area contributed by atoms with Gasteiger partial charge in [0.15, 0.2) is 0 Å². The van der Waals surface area contributed by atoms with E-state index in [4.69, 9.17) is 11.6 Å². The molecule has 0 aliphatic heterocycles. The number of anilines is 1. The molecule has 0 aliphatic carbocycles. The zero-order valence-corrected chi connectivity index (χ0v) is 10.3. The van der Waals surface area contributed by atoms with Crippen LogP contribution >= 0.6 is 11.6 Å². The highest BCUT2D eigenvalue weighted by Gasteiger charge is 2.13. The van der Waals surface area contributed by atoms with Crippen LogP contribution in [0.1, 0.15) is 12.6 Å². The van der Waals surface area contributed by atoms with Crippen LogP contribution in [0.3, 0.4) is 0 Å². The molecule has 1 aromatic heterocycles. The summed E-state index contributed by atoms with van der Waals surface area (Å²) in [5.74, 6) is -0.0103. The van der Waals surface area contributed by atoms with Crippen molar-refractivity contribution in [2.45, 2.75) is 13.3 Å². The fraction of sp³-hybridized carbons (Fsp3) is 0.625. The molecule has 1 rings (SSSR count). The number of nitrogens with zero attached hydrogens (tertiary/aromatic N) is 2. The third-order valence-electron chi connectivity index (χ3n) is 1.85. The largest absolute Gasteiger partial charge is 0.280 e. The van der Waals surface area contributed by atoms with Crippen LogP contribution in [0.15, 0.2) is 6.20 Å². The molecule has 86 valence electrons. The average molecular weight is 252 g/mol. The molecule has 0 unspecified atom stereocenters. The van der Waals surface area contributed by atoms with Crippen LogP contribution in [0.25, 0.3) is 0 Å². The van der Waals surface area contributed by atoms with Crippen LogP contribution in [0, 0.1) is 0 Å². The maximum atomic E-state index is 11.4. The summed E-state index contributed by atoms with van der Waals surface area (Å²) < 4.78 is 26.9. The van der Waals surface area contributed by atoms with Gasteiger partial charge in [-0.15, -0.1) is 11.6 Å². The lowest BCUT2D eigenvalue weighted by molar-refractivity contribution is 0.602. The van der Waals surface area contributed by atoms with Crippen LogP contribution < -0.4 is 4.72 Å². The van der Waals surface area contributed by atoms with Gasteiger partial charge in [0, 0.05) is 19.1 Å². The van der Waals surface area contributed by atoms with Gasteiger partial charge in [-0.05, 0) is 6.42 Å². The third kappa shape index (κ3) is 3.39. The monoisotopic (exact) mass is 251 g/mol. The maximum absolute atomic E-state index is 11.4. The van der Waals surface area contributed by atoms with Crippen LogP contribution in [0.5, 0.6) is 0 Å². The van der Waals surface area contributed by atoms with Gasteiger partial charge in [-0.3, -0.25) is 9.40 Å². The first-order valence-corrected chi connectivity index (χ1v) is 6.76. The molecule has 1 N–H and O–H groups in total. The quantitative estimate of drug-likeness (QED) is 0.793. The molecule has 0 fully saturated rings. The molecule has 1 aromatic rings. The Hall–Kier alpha value is -0.750. The van der Waals surface area contributed by atoms with Crippen molar-refractivity contribution in [3.05, 3.63) is 11.9 Å². The summed E-state index contributed by atoms with van der Waals surface area (Å²) in [4.78, 5) is 0. The number of alkyl halides is 1. The molecule has 0 aliphatic rings. The third-order valence-corrected chi connectivity index (χ3v) is 3.54. The van der Waals surface area contributed by atoms with Gasteiger partial charge in [-0.25, -0.2) is 8.42 Å². The second kappa shape index (κ2) is 4.85. The van der Waals surface area contributed by atoms with Gasteiger partial charge in [0.2, 0.25) is 10.0 Å². The van der Waals surface area contributed by atoms with E-state index in [0.29, 0.717) is 12.1 Å². The molecular formula is C8H14ClN3O2S. The summed E-state index contributed by atoms with van der Waals surface area (Å²) >= 11 is 5.39. The van der Waals surface area contributed by atoms with Crippen molar-refractivity contribution in [1.82, 2.24) is 9.78 Å². The first-order chi connectivity index (χ1) is 6.98. The van der Waals surface area contributed by atoms with Crippen molar-refractivity contribution in [1.29, 1.82) is 0 Å². The minimum Gasteiger partial charge on any atom is -0.280 e. The van der Waals surface area contributed by atoms with E-state index < -0.39 is 10.0 Å². The van der Waals surface area contributed by atoms with Crippen molar-refractivity contribution in [2.75, 3.05) is 16.4 Å². The predicted octanol–water partition coefficient (Wildman–Crippen LogP) is 0.963. The van der Waals surface area contributed by atoms with E-state index >= 15 is 0 Å². The minimum absolute atomic E-state index is 0.0804. The fourth-order valence-corrected chi connectivity index (χ4v) is 2.62. The van der Waals surface area contributed by atoms with Crippen molar-refractivity contribution in [2.24, 2.45) is 7.05 Å². The normalized spacial score (nSPS) is 11.7. The summed E-state index contributed by atoms with van der Waals surface area (Å²) in [6.07, 6.45) is 2.32. The van der Waals surface area contributed by atoms with Crippen LogP contribution in [0.2, 0.25) is 0 Å². The summed E-state index contributed by atoms with van der Waals surface area (Å²) in [5, 5.41) is 4.13. The van der Waals surface area contributed by atoms with E-state index in [0.717, 1.165) is 5.69 Å². The van der Waals surface area contributed by atoms with E-state index in [9.17, 15) is 8.42 Å².